The molecule has 0 saturated heterocycles. The van der Waals surface area contributed by atoms with Crippen LogP contribution in [0.15, 0.2) is 30.5 Å². The summed E-state index contributed by atoms with van der Waals surface area (Å²) in [7, 11) is 3.04. The molecule has 6 heteroatoms. The molecule has 5 nitrogen and oxygen atoms in total. The van der Waals surface area contributed by atoms with Gasteiger partial charge in [0.25, 0.3) is 0 Å². The van der Waals surface area contributed by atoms with E-state index in [1.807, 2.05) is 19.3 Å². The van der Waals surface area contributed by atoms with Gasteiger partial charge in [0.2, 0.25) is 0 Å². The Kier molecular flexibility index (Phi) is 3.79. The number of halogens is 1. The topological polar surface area (TPSA) is 56.1 Å². The van der Waals surface area contributed by atoms with Crippen molar-refractivity contribution in [2.24, 2.45) is 7.05 Å². The Morgan fingerprint density at radius 3 is 2.84 bits per heavy atom. The first-order valence-corrected chi connectivity index (χ1v) is 5.70. The molecule has 1 aromatic heterocycles. The smallest absolute Gasteiger partial charge is 0.340 e. The van der Waals surface area contributed by atoms with E-state index in [4.69, 9.17) is 0 Å². The number of carbonyl (C=O) groups excluding carboxylic acids is 1. The van der Waals surface area contributed by atoms with Gasteiger partial charge in [0.05, 0.1) is 12.7 Å². The molecule has 100 valence electrons. The number of rotatable bonds is 4. The lowest BCUT2D eigenvalue weighted by Gasteiger charge is -2.06. The Labute approximate surface area is 110 Å². The van der Waals surface area contributed by atoms with Crippen LogP contribution < -0.4 is 5.32 Å². The highest BCUT2D eigenvalue weighted by Gasteiger charge is 2.12. The van der Waals surface area contributed by atoms with Crippen molar-refractivity contribution in [3.05, 3.63) is 47.4 Å². The predicted octanol–water partition coefficient (Wildman–Crippen LogP) is 1.96. The van der Waals surface area contributed by atoms with Gasteiger partial charge in [-0.25, -0.2) is 9.18 Å². The Bertz CT molecular complexity index is 595. The monoisotopic (exact) mass is 263 g/mol. The molecule has 19 heavy (non-hydrogen) atoms. The minimum atomic E-state index is -0.679. The molecule has 1 heterocycles. The molecule has 0 bridgehead atoms. The van der Waals surface area contributed by atoms with Gasteiger partial charge in [-0.1, -0.05) is 6.07 Å². The van der Waals surface area contributed by atoms with Gasteiger partial charge >= 0.3 is 5.97 Å². The van der Waals surface area contributed by atoms with Crippen LogP contribution >= 0.6 is 0 Å². The van der Waals surface area contributed by atoms with Gasteiger partial charge in [-0.05, 0) is 17.7 Å². The standard InChI is InChI=1S/C13H14FN3O2/c1-17-6-5-12(16-17)15-8-9-3-4-10(11(14)7-9)13(18)19-2/h3-7H,8H2,1-2H3,(H,15,16). The number of benzene rings is 1. The number of anilines is 1. The van der Waals surface area contributed by atoms with E-state index in [2.05, 4.69) is 15.2 Å². The number of aryl methyl sites for hydroxylation is 1. The van der Waals surface area contributed by atoms with E-state index >= 15 is 0 Å². The molecular formula is C13H14FN3O2. The third kappa shape index (κ3) is 3.09. The van der Waals surface area contributed by atoms with Crippen LogP contribution in [-0.4, -0.2) is 22.9 Å². The molecule has 2 rings (SSSR count). The summed E-state index contributed by atoms with van der Waals surface area (Å²) in [5.74, 6) is -0.561. The van der Waals surface area contributed by atoms with Crippen molar-refractivity contribution in [3.8, 4) is 0 Å². The largest absolute Gasteiger partial charge is 0.465 e. The lowest BCUT2D eigenvalue weighted by Crippen LogP contribution is -2.06. The number of esters is 1. The average Bonchev–Trinajstić information content (AvgIpc) is 2.81. The second kappa shape index (κ2) is 5.51. The van der Waals surface area contributed by atoms with E-state index in [0.29, 0.717) is 12.4 Å². The maximum Gasteiger partial charge on any atom is 0.340 e. The lowest BCUT2D eigenvalue weighted by atomic mass is 10.1. The van der Waals surface area contributed by atoms with Gasteiger partial charge < -0.3 is 10.1 Å². The average molecular weight is 263 g/mol. The van der Waals surface area contributed by atoms with Crippen molar-refractivity contribution >= 4 is 11.8 Å². The summed E-state index contributed by atoms with van der Waals surface area (Å²) in [6.07, 6.45) is 1.81. The molecule has 0 atom stereocenters. The third-order valence-corrected chi connectivity index (χ3v) is 2.63. The summed E-state index contributed by atoms with van der Waals surface area (Å²) in [4.78, 5) is 11.2. The molecule has 0 aliphatic heterocycles. The van der Waals surface area contributed by atoms with E-state index in [-0.39, 0.29) is 5.56 Å². The van der Waals surface area contributed by atoms with Crippen LogP contribution in [0, 0.1) is 5.82 Å². The van der Waals surface area contributed by atoms with Crippen molar-refractivity contribution in [3.63, 3.8) is 0 Å². The fraction of sp³-hybridized carbons (Fsp3) is 0.231. The molecule has 0 radical (unpaired) electrons. The minimum Gasteiger partial charge on any atom is -0.465 e. The molecule has 0 unspecified atom stereocenters. The molecule has 0 saturated carbocycles. The van der Waals surface area contributed by atoms with Gasteiger partial charge in [0.1, 0.15) is 11.6 Å². The Hall–Kier alpha value is -2.37. The molecule has 2 aromatic rings. The quantitative estimate of drug-likeness (QED) is 0.857. The van der Waals surface area contributed by atoms with Gasteiger partial charge in [0, 0.05) is 25.9 Å². The maximum absolute atomic E-state index is 13.7. The molecule has 0 fully saturated rings. The van der Waals surface area contributed by atoms with Crippen LogP contribution in [0.4, 0.5) is 10.2 Å². The zero-order valence-corrected chi connectivity index (χ0v) is 10.7. The zero-order chi connectivity index (χ0) is 13.8. The van der Waals surface area contributed by atoms with Crippen molar-refractivity contribution < 1.29 is 13.9 Å². The minimum absolute atomic E-state index is 0.0657. The number of nitrogens with zero attached hydrogens (tertiary/aromatic N) is 2. The highest BCUT2D eigenvalue weighted by molar-refractivity contribution is 5.89. The second-order valence-corrected chi connectivity index (χ2v) is 4.03. The third-order valence-electron chi connectivity index (χ3n) is 2.63. The summed E-state index contributed by atoms with van der Waals surface area (Å²) < 4.78 is 19.8. The first-order chi connectivity index (χ1) is 9.10. The summed E-state index contributed by atoms with van der Waals surface area (Å²) in [5.41, 5.74) is 0.653. The molecule has 0 amide bonds. The molecule has 0 aliphatic carbocycles. The van der Waals surface area contributed by atoms with Gasteiger partial charge in [-0.3, -0.25) is 4.68 Å². The number of hydrogen-bond acceptors (Lipinski definition) is 4. The Morgan fingerprint density at radius 2 is 2.26 bits per heavy atom. The van der Waals surface area contributed by atoms with Crippen molar-refractivity contribution in [1.82, 2.24) is 9.78 Å². The van der Waals surface area contributed by atoms with Crippen LogP contribution in [-0.2, 0) is 18.3 Å². The van der Waals surface area contributed by atoms with Crippen molar-refractivity contribution in [1.29, 1.82) is 0 Å². The van der Waals surface area contributed by atoms with Gasteiger partial charge in [0.15, 0.2) is 0 Å². The van der Waals surface area contributed by atoms with Crippen LogP contribution in [0.2, 0.25) is 0 Å². The van der Waals surface area contributed by atoms with Gasteiger partial charge in [-0.15, -0.1) is 0 Å². The Morgan fingerprint density at radius 1 is 1.47 bits per heavy atom. The molecule has 0 aliphatic rings. The molecule has 1 aromatic carbocycles. The van der Waals surface area contributed by atoms with E-state index < -0.39 is 11.8 Å². The second-order valence-electron chi connectivity index (χ2n) is 4.03. The normalized spacial score (nSPS) is 10.3. The SMILES string of the molecule is COC(=O)c1ccc(CNc2ccn(C)n2)cc1F. The van der Waals surface area contributed by atoms with Crippen LogP contribution in [0.25, 0.3) is 0 Å². The summed E-state index contributed by atoms with van der Waals surface area (Å²) in [5, 5.41) is 7.20. The highest BCUT2D eigenvalue weighted by atomic mass is 19.1. The number of ether oxygens (including phenoxy) is 1. The number of hydrogen-bond donors (Lipinski definition) is 1. The van der Waals surface area contributed by atoms with Crippen molar-refractivity contribution in [2.45, 2.75) is 6.54 Å². The van der Waals surface area contributed by atoms with Crippen molar-refractivity contribution in [2.75, 3.05) is 12.4 Å². The number of nitrogens with one attached hydrogen (secondary N) is 1. The highest BCUT2D eigenvalue weighted by Crippen LogP contribution is 2.13. The first kappa shape index (κ1) is 13.1. The lowest BCUT2D eigenvalue weighted by molar-refractivity contribution is 0.0595. The first-order valence-electron chi connectivity index (χ1n) is 5.70. The molecule has 0 spiro atoms. The zero-order valence-electron chi connectivity index (χ0n) is 10.7. The Balaban J connectivity index is 2.06. The fourth-order valence-electron chi connectivity index (χ4n) is 1.65. The summed E-state index contributed by atoms with van der Waals surface area (Å²) >= 11 is 0. The maximum atomic E-state index is 13.7. The van der Waals surface area contributed by atoms with Crippen LogP contribution in [0.1, 0.15) is 15.9 Å². The van der Waals surface area contributed by atoms with Gasteiger partial charge in [-0.2, -0.15) is 5.10 Å². The van der Waals surface area contributed by atoms with E-state index in [1.165, 1.54) is 19.2 Å². The number of carbonyl (C=O) groups is 1. The summed E-state index contributed by atoms with van der Waals surface area (Å²) in [6, 6.07) is 6.21. The predicted molar refractivity (Wildman–Crippen MR) is 68.3 cm³/mol. The van der Waals surface area contributed by atoms with Crippen LogP contribution in [0.5, 0.6) is 0 Å². The number of methoxy groups -OCH3 is 1. The van der Waals surface area contributed by atoms with E-state index in [9.17, 15) is 9.18 Å². The van der Waals surface area contributed by atoms with Crippen LogP contribution in [0.3, 0.4) is 0 Å². The fourth-order valence-corrected chi connectivity index (χ4v) is 1.65. The number of aromatic nitrogens is 2. The summed E-state index contributed by atoms with van der Waals surface area (Å²) in [6.45, 7) is 0.426. The van der Waals surface area contributed by atoms with E-state index in [0.717, 1.165) is 5.56 Å². The molecular weight excluding hydrogens is 249 g/mol. The van der Waals surface area contributed by atoms with E-state index in [1.54, 1.807) is 10.7 Å². The molecule has 1 N–H and O–H groups in total.